The molecule has 0 aliphatic heterocycles. The van der Waals surface area contributed by atoms with Crippen LogP contribution in [0.15, 0.2) is 52.3 Å². The van der Waals surface area contributed by atoms with Gasteiger partial charge in [0.05, 0.1) is 25.6 Å². The van der Waals surface area contributed by atoms with Crippen LogP contribution in [-0.2, 0) is 14.1 Å². The number of rotatable bonds is 4. The summed E-state index contributed by atoms with van der Waals surface area (Å²) in [5.41, 5.74) is 5.03. The first-order valence-electron chi connectivity index (χ1n) is 8.97. The molecular weight excluding hydrogens is 354 g/mol. The molecule has 28 heavy (non-hydrogen) atoms. The van der Waals surface area contributed by atoms with Crippen molar-refractivity contribution >= 4 is 5.69 Å². The molecule has 6 heteroatoms. The molecule has 0 saturated heterocycles. The zero-order valence-electron chi connectivity index (χ0n) is 17.1. The van der Waals surface area contributed by atoms with Crippen molar-refractivity contribution in [3.05, 3.63) is 69.6 Å². The van der Waals surface area contributed by atoms with E-state index in [0.29, 0.717) is 17.0 Å². The summed E-state index contributed by atoms with van der Waals surface area (Å²) in [6, 6.07) is 13.5. The summed E-state index contributed by atoms with van der Waals surface area (Å²) >= 11 is 0. The molecule has 0 aliphatic carbocycles. The first-order valence-corrected chi connectivity index (χ1v) is 8.97. The van der Waals surface area contributed by atoms with Gasteiger partial charge < -0.3 is 9.47 Å². The number of benzene rings is 2. The van der Waals surface area contributed by atoms with Crippen LogP contribution in [0, 0.1) is 13.8 Å². The topological polar surface area (TPSA) is 57.8 Å². The number of aromatic nitrogens is 2. The number of ether oxygens (including phenoxy) is 2. The maximum atomic E-state index is 12.8. The molecule has 0 amide bonds. The summed E-state index contributed by atoms with van der Waals surface area (Å²) in [6.45, 7) is 4.03. The van der Waals surface area contributed by atoms with E-state index in [1.54, 1.807) is 37.4 Å². The van der Waals surface area contributed by atoms with E-state index in [-0.39, 0.29) is 5.69 Å². The van der Waals surface area contributed by atoms with Gasteiger partial charge in [-0.05, 0) is 43.2 Å². The highest BCUT2D eigenvalue weighted by Gasteiger charge is 2.11. The third-order valence-corrected chi connectivity index (χ3v) is 4.89. The van der Waals surface area contributed by atoms with Gasteiger partial charge in [-0.15, -0.1) is 0 Å². The smallest absolute Gasteiger partial charge is 0.329 e. The van der Waals surface area contributed by atoms with E-state index in [1.807, 2.05) is 56.3 Å². The summed E-state index contributed by atoms with van der Waals surface area (Å²) in [7, 11) is 6.66. The van der Waals surface area contributed by atoms with Crippen LogP contribution in [-0.4, -0.2) is 23.4 Å². The molecule has 1 heterocycles. The van der Waals surface area contributed by atoms with Crippen molar-refractivity contribution in [2.24, 2.45) is 19.1 Å². The van der Waals surface area contributed by atoms with E-state index in [9.17, 15) is 4.79 Å². The lowest BCUT2D eigenvalue weighted by Crippen LogP contribution is -2.37. The zero-order chi connectivity index (χ0) is 20.4. The van der Waals surface area contributed by atoms with E-state index in [4.69, 9.17) is 14.5 Å². The van der Waals surface area contributed by atoms with Crippen molar-refractivity contribution in [1.29, 1.82) is 0 Å². The molecule has 1 aromatic heterocycles. The van der Waals surface area contributed by atoms with Gasteiger partial charge in [-0.2, -0.15) is 0 Å². The average Bonchev–Trinajstić information content (AvgIpc) is 2.70. The number of para-hydroxylation sites is 1. The summed E-state index contributed by atoms with van der Waals surface area (Å²) in [5, 5.41) is 0. The molecule has 0 bridgehead atoms. The summed E-state index contributed by atoms with van der Waals surface area (Å²) in [4.78, 5) is 17.6. The number of nitrogens with zero attached hydrogens (tertiary/aromatic N) is 3. The quantitative estimate of drug-likeness (QED) is 0.699. The molecule has 0 unspecified atom stereocenters. The number of methoxy groups -OCH3 is 2. The molecule has 3 rings (SSSR count). The molecule has 0 N–H and O–H groups in total. The highest BCUT2D eigenvalue weighted by atomic mass is 16.5. The Morgan fingerprint density at radius 2 is 1.50 bits per heavy atom. The Morgan fingerprint density at radius 3 is 2.11 bits per heavy atom. The van der Waals surface area contributed by atoms with Gasteiger partial charge in [-0.1, -0.05) is 18.2 Å². The Labute approximate surface area is 164 Å². The molecule has 2 aromatic carbocycles. The second kappa shape index (κ2) is 7.76. The van der Waals surface area contributed by atoms with Gasteiger partial charge in [0.25, 0.3) is 0 Å². The van der Waals surface area contributed by atoms with Gasteiger partial charge in [0.15, 0.2) is 11.5 Å². The fourth-order valence-corrected chi connectivity index (χ4v) is 3.22. The highest BCUT2D eigenvalue weighted by molar-refractivity contribution is 5.64. The maximum absolute atomic E-state index is 12.8. The maximum Gasteiger partial charge on any atom is 0.329 e. The Balaban J connectivity index is 2.29. The predicted octanol–water partition coefficient (Wildman–Crippen LogP) is 3.26. The van der Waals surface area contributed by atoms with Crippen LogP contribution in [0.2, 0.25) is 0 Å². The van der Waals surface area contributed by atoms with E-state index < -0.39 is 0 Å². The number of hydrogen-bond donors (Lipinski definition) is 0. The Morgan fingerprint density at radius 1 is 0.857 bits per heavy atom. The number of hydrogen-bond acceptors (Lipinski definition) is 4. The van der Waals surface area contributed by atoms with E-state index in [1.165, 1.54) is 0 Å². The monoisotopic (exact) mass is 379 g/mol. The molecule has 0 atom stereocenters. The van der Waals surface area contributed by atoms with Gasteiger partial charge >= 0.3 is 5.69 Å². The minimum Gasteiger partial charge on any atom is -0.493 e. The first-order chi connectivity index (χ1) is 13.4. The Hall–Kier alpha value is -3.28. The minimum absolute atomic E-state index is 0.155. The molecule has 146 valence electrons. The van der Waals surface area contributed by atoms with Crippen LogP contribution in [0.5, 0.6) is 11.5 Å². The SMILES string of the molecule is COc1ccc(-c2c/c(=N/c3c(C)cccc3C)n(C)c(=O)n2C)cc1OC. The van der Waals surface area contributed by atoms with Crippen LogP contribution in [0.3, 0.4) is 0 Å². The van der Waals surface area contributed by atoms with Crippen LogP contribution in [0.25, 0.3) is 11.3 Å². The van der Waals surface area contributed by atoms with Crippen molar-refractivity contribution in [3.8, 4) is 22.8 Å². The van der Waals surface area contributed by atoms with E-state index in [2.05, 4.69) is 0 Å². The lowest BCUT2D eigenvalue weighted by Gasteiger charge is -2.14. The number of aryl methyl sites for hydroxylation is 2. The van der Waals surface area contributed by atoms with Crippen LogP contribution >= 0.6 is 0 Å². The molecule has 6 nitrogen and oxygen atoms in total. The van der Waals surface area contributed by atoms with Gasteiger partial charge in [0.1, 0.15) is 5.49 Å². The molecule has 0 saturated carbocycles. The van der Waals surface area contributed by atoms with E-state index in [0.717, 1.165) is 28.1 Å². The van der Waals surface area contributed by atoms with Crippen molar-refractivity contribution in [1.82, 2.24) is 9.13 Å². The summed E-state index contributed by atoms with van der Waals surface area (Å²) in [5.74, 6) is 1.24. The predicted molar refractivity (Wildman–Crippen MR) is 110 cm³/mol. The summed E-state index contributed by atoms with van der Waals surface area (Å²) < 4.78 is 13.9. The van der Waals surface area contributed by atoms with Crippen LogP contribution in [0.1, 0.15) is 11.1 Å². The van der Waals surface area contributed by atoms with Crippen molar-refractivity contribution in [3.63, 3.8) is 0 Å². The molecule has 0 spiro atoms. The normalized spacial score (nSPS) is 11.6. The second-order valence-electron chi connectivity index (χ2n) is 6.71. The lowest BCUT2D eigenvalue weighted by molar-refractivity contribution is 0.355. The Kier molecular flexibility index (Phi) is 5.40. The fraction of sp³-hybridized carbons (Fsp3) is 0.273. The Bertz CT molecular complexity index is 1140. The van der Waals surface area contributed by atoms with E-state index >= 15 is 0 Å². The van der Waals surface area contributed by atoms with Crippen LogP contribution in [0.4, 0.5) is 5.69 Å². The van der Waals surface area contributed by atoms with Crippen molar-refractivity contribution < 1.29 is 9.47 Å². The third-order valence-electron chi connectivity index (χ3n) is 4.89. The first kappa shape index (κ1) is 19.5. The van der Waals surface area contributed by atoms with Crippen LogP contribution < -0.4 is 20.7 Å². The minimum atomic E-state index is -0.155. The zero-order valence-corrected chi connectivity index (χ0v) is 17.1. The fourth-order valence-electron chi connectivity index (χ4n) is 3.22. The third kappa shape index (κ3) is 3.45. The molecule has 0 radical (unpaired) electrons. The summed E-state index contributed by atoms with van der Waals surface area (Å²) in [6.07, 6.45) is 0. The van der Waals surface area contributed by atoms with Gasteiger partial charge in [-0.3, -0.25) is 9.13 Å². The standard InChI is InChI=1S/C22H25N3O3/c1-14-8-7-9-15(2)21(14)23-20-13-17(24(3)22(26)25(20)4)16-10-11-18(27-5)19(12-16)28-6/h7-13H,1-6H3/b23-20-. The molecule has 0 fully saturated rings. The molecule has 0 aliphatic rings. The lowest BCUT2D eigenvalue weighted by atomic mass is 10.1. The highest BCUT2D eigenvalue weighted by Crippen LogP contribution is 2.31. The van der Waals surface area contributed by atoms with Gasteiger partial charge in [0, 0.05) is 25.7 Å². The van der Waals surface area contributed by atoms with Gasteiger partial charge in [0.2, 0.25) is 0 Å². The largest absolute Gasteiger partial charge is 0.493 e. The van der Waals surface area contributed by atoms with Gasteiger partial charge in [-0.25, -0.2) is 9.79 Å². The molecular formula is C22H25N3O3. The van der Waals surface area contributed by atoms with Crippen molar-refractivity contribution in [2.45, 2.75) is 13.8 Å². The second-order valence-corrected chi connectivity index (χ2v) is 6.71. The molecule has 3 aromatic rings. The average molecular weight is 379 g/mol. The van der Waals surface area contributed by atoms with Crippen molar-refractivity contribution in [2.75, 3.05) is 14.2 Å².